The molecule has 0 bridgehead atoms. The van der Waals surface area contributed by atoms with E-state index in [0.717, 1.165) is 16.9 Å². The Bertz CT molecular complexity index is 825. The van der Waals surface area contributed by atoms with Crippen LogP contribution >= 0.6 is 11.6 Å². The van der Waals surface area contributed by atoms with Gasteiger partial charge in [-0.05, 0) is 36.6 Å². The fraction of sp³-hybridized carbons (Fsp3) is 0.333. The third-order valence-corrected chi connectivity index (χ3v) is 4.95. The van der Waals surface area contributed by atoms with Crippen molar-refractivity contribution in [1.82, 2.24) is 10.6 Å². The maximum Gasteiger partial charge on any atom is 0.224 e. The van der Waals surface area contributed by atoms with Crippen LogP contribution in [0.3, 0.4) is 0 Å². The minimum Gasteiger partial charge on any atom is -0.496 e. The van der Waals surface area contributed by atoms with Gasteiger partial charge in [-0.15, -0.1) is 0 Å². The number of carbonyl (C=O) groups is 2. The summed E-state index contributed by atoms with van der Waals surface area (Å²) in [6.45, 7) is 0.924. The number of ether oxygens (including phenoxy) is 1. The van der Waals surface area contributed by atoms with Gasteiger partial charge in [-0.2, -0.15) is 0 Å². The van der Waals surface area contributed by atoms with Gasteiger partial charge >= 0.3 is 0 Å². The molecule has 0 saturated heterocycles. The molecule has 2 N–H and O–H groups in total. The monoisotopic (exact) mass is 386 g/mol. The number of para-hydroxylation sites is 1. The zero-order valence-electron chi connectivity index (χ0n) is 15.2. The molecule has 1 aliphatic carbocycles. The first-order chi connectivity index (χ1) is 13.1. The lowest BCUT2D eigenvalue weighted by atomic mass is 10.1. The zero-order valence-corrected chi connectivity index (χ0v) is 16.0. The molecule has 1 saturated carbocycles. The zero-order chi connectivity index (χ0) is 19.2. The number of rotatable bonds is 8. The van der Waals surface area contributed by atoms with Crippen molar-refractivity contribution in [2.24, 2.45) is 11.8 Å². The van der Waals surface area contributed by atoms with Crippen LogP contribution in [0.25, 0.3) is 0 Å². The van der Waals surface area contributed by atoms with Crippen molar-refractivity contribution in [2.45, 2.75) is 19.4 Å². The van der Waals surface area contributed by atoms with Crippen molar-refractivity contribution >= 4 is 23.4 Å². The Balaban J connectivity index is 1.40. The standard InChI is InChI=1S/C21H23ClN2O3/c1-27-19-8-3-2-6-15(19)13-24-21(26)18-12-17(18)20(25)23-10-9-14-5-4-7-16(22)11-14/h2-8,11,17-18H,9-10,12-13H2,1H3,(H,23,25)(H,24,26). The van der Waals surface area contributed by atoms with E-state index in [4.69, 9.17) is 16.3 Å². The minimum absolute atomic E-state index is 0.0607. The molecule has 0 spiro atoms. The highest BCUT2D eigenvalue weighted by molar-refractivity contribution is 6.30. The molecule has 2 amide bonds. The lowest BCUT2D eigenvalue weighted by molar-refractivity contribution is -0.127. The first-order valence-corrected chi connectivity index (χ1v) is 9.38. The number of methoxy groups -OCH3 is 1. The normalized spacial score (nSPS) is 17.9. The highest BCUT2D eigenvalue weighted by Gasteiger charge is 2.47. The fourth-order valence-electron chi connectivity index (χ4n) is 3.09. The Kier molecular flexibility index (Phi) is 6.35. The molecule has 0 aliphatic heterocycles. The predicted octanol–water partition coefficient (Wildman–Crippen LogP) is 2.96. The Hall–Kier alpha value is -2.53. The molecule has 142 valence electrons. The molecule has 3 rings (SSSR count). The van der Waals surface area contributed by atoms with Gasteiger partial charge in [-0.25, -0.2) is 0 Å². The van der Waals surface area contributed by atoms with E-state index in [0.29, 0.717) is 31.0 Å². The van der Waals surface area contributed by atoms with E-state index in [9.17, 15) is 9.59 Å². The molecule has 27 heavy (non-hydrogen) atoms. The molecule has 2 unspecified atom stereocenters. The Morgan fingerprint density at radius 1 is 1.07 bits per heavy atom. The summed E-state index contributed by atoms with van der Waals surface area (Å²) in [5.74, 6) is 0.113. The molecule has 6 heteroatoms. The summed E-state index contributed by atoms with van der Waals surface area (Å²) in [5.41, 5.74) is 1.99. The van der Waals surface area contributed by atoms with E-state index in [1.165, 1.54) is 0 Å². The van der Waals surface area contributed by atoms with E-state index < -0.39 is 0 Å². The topological polar surface area (TPSA) is 67.4 Å². The van der Waals surface area contributed by atoms with Gasteiger partial charge in [0.05, 0.1) is 18.9 Å². The third-order valence-electron chi connectivity index (χ3n) is 4.71. The number of carbonyl (C=O) groups excluding carboxylic acids is 2. The lowest BCUT2D eigenvalue weighted by Gasteiger charge is -2.09. The molecule has 2 aromatic carbocycles. The van der Waals surface area contributed by atoms with Crippen LogP contribution in [0.2, 0.25) is 5.02 Å². The summed E-state index contributed by atoms with van der Waals surface area (Å²) in [6.07, 6.45) is 1.31. The SMILES string of the molecule is COc1ccccc1CNC(=O)C1CC1C(=O)NCCc1cccc(Cl)c1. The molecule has 0 heterocycles. The van der Waals surface area contributed by atoms with Gasteiger partial charge < -0.3 is 15.4 Å². The predicted molar refractivity (Wildman–Crippen MR) is 105 cm³/mol. The lowest BCUT2D eigenvalue weighted by Crippen LogP contribution is -2.31. The van der Waals surface area contributed by atoms with Crippen LogP contribution in [0.4, 0.5) is 0 Å². The van der Waals surface area contributed by atoms with Crippen LogP contribution in [0, 0.1) is 11.8 Å². The molecule has 1 fully saturated rings. The van der Waals surface area contributed by atoms with E-state index in [1.54, 1.807) is 7.11 Å². The number of benzene rings is 2. The van der Waals surface area contributed by atoms with Gasteiger partial charge in [-0.1, -0.05) is 41.9 Å². The van der Waals surface area contributed by atoms with Crippen LogP contribution < -0.4 is 15.4 Å². The number of hydrogen-bond donors (Lipinski definition) is 2. The van der Waals surface area contributed by atoms with Crippen molar-refractivity contribution < 1.29 is 14.3 Å². The van der Waals surface area contributed by atoms with Gasteiger partial charge in [0, 0.05) is 23.7 Å². The van der Waals surface area contributed by atoms with E-state index >= 15 is 0 Å². The summed E-state index contributed by atoms with van der Waals surface area (Å²) in [5, 5.41) is 6.49. The fourth-order valence-corrected chi connectivity index (χ4v) is 3.30. The highest BCUT2D eigenvalue weighted by Crippen LogP contribution is 2.38. The quantitative estimate of drug-likeness (QED) is 0.733. The van der Waals surface area contributed by atoms with E-state index in [-0.39, 0.29) is 23.7 Å². The van der Waals surface area contributed by atoms with Crippen molar-refractivity contribution in [3.63, 3.8) is 0 Å². The maximum atomic E-state index is 12.3. The second-order valence-corrected chi connectivity index (χ2v) is 7.09. The van der Waals surface area contributed by atoms with Gasteiger partial charge in [0.1, 0.15) is 5.75 Å². The Labute approximate surface area is 164 Å². The Morgan fingerprint density at radius 2 is 1.81 bits per heavy atom. The number of halogens is 1. The van der Waals surface area contributed by atoms with Crippen molar-refractivity contribution in [1.29, 1.82) is 0 Å². The highest BCUT2D eigenvalue weighted by atomic mass is 35.5. The number of hydrogen-bond acceptors (Lipinski definition) is 3. The summed E-state index contributed by atoms with van der Waals surface area (Å²) in [4.78, 5) is 24.5. The summed E-state index contributed by atoms with van der Waals surface area (Å²) < 4.78 is 5.28. The number of nitrogens with one attached hydrogen (secondary N) is 2. The molecule has 5 nitrogen and oxygen atoms in total. The molecular weight excluding hydrogens is 364 g/mol. The van der Waals surface area contributed by atoms with Crippen LogP contribution in [0.1, 0.15) is 17.5 Å². The second kappa shape index (κ2) is 8.91. The van der Waals surface area contributed by atoms with E-state index in [2.05, 4.69) is 10.6 Å². The molecule has 1 aliphatic rings. The Morgan fingerprint density at radius 3 is 2.56 bits per heavy atom. The number of amides is 2. The van der Waals surface area contributed by atoms with Gasteiger partial charge in [0.2, 0.25) is 11.8 Å². The molecule has 0 radical (unpaired) electrons. The van der Waals surface area contributed by atoms with Gasteiger partial charge in [0.25, 0.3) is 0 Å². The first kappa shape index (κ1) is 19.2. The van der Waals surface area contributed by atoms with Gasteiger partial charge in [0.15, 0.2) is 0 Å². The largest absolute Gasteiger partial charge is 0.496 e. The van der Waals surface area contributed by atoms with Crippen LogP contribution in [-0.4, -0.2) is 25.5 Å². The summed E-state index contributed by atoms with van der Waals surface area (Å²) >= 11 is 5.95. The van der Waals surface area contributed by atoms with Crippen molar-refractivity contribution in [2.75, 3.05) is 13.7 Å². The minimum atomic E-state index is -0.245. The van der Waals surface area contributed by atoms with E-state index in [1.807, 2.05) is 48.5 Å². The molecule has 2 atom stereocenters. The van der Waals surface area contributed by atoms with Crippen LogP contribution in [0.5, 0.6) is 5.75 Å². The summed E-state index contributed by atoms with van der Waals surface area (Å²) in [7, 11) is 1.60. The second-order valence-electron chi connectivity index (χ2n) is 6.65. The smallest absolute Gasteiger partial charge is 0.224 e. The molecule has 0 aromatic heterocycles. The van der Waals surface area contributed by atoms with Crippen molar-refractivity contribution in [3.05, 3.63) is 64.7 Å². The third kappa shape index (κ3) is 5.23. The van der Waals surface area contributed by atoms with Crippen molar-refractivity contribution in [3.8, 4) is 5.75 Å². The average Bonchev–Trinajstić information content (AvgIpc) is 3.47. The first-order valence-electron chi connectivity index (χ1n) is 9.00. The van der Waals surface area contributed by atoms with Gasteiger partial charge in [-0.3, -0.25) is 9.59 Å². The average molecular weight is 387 g/mol. The van der Waals surface area contributed by atoms with Crippen LogP contribution in [-0.2, 0) is 22.6 Å². The summed E-state index contributed by atoms with van der Waals surface area (Å²) in [6, 6.07) is 15.1. The maximum absolute atomic E-state index is 12.3. The van der Waals surface area contributed by atoms with Crippen LogP contribution in [0.15, 0.2) is 48.5 Å². The molecular formula is C21H23ClN2O3. The molecule has 2 aromatic rings.